The molecule has 5 rings (SSSR count). The van der Waals surface area contributed by atoms with Gasteiger partial charge in [0.15, 0.2) is 0 Å². The van der Waals surface area contributed by atoms with E-state index in [9.17, 15) is 17.6 Å². The summed E-state index contributed by atoms with van der Waals surface area (Å²) in [5.74, 6) is 0.288. The number of nitrogens with zero attached hydrogens (tertiary/aromatic N) is 4. The average molecular weight is 549 g/mol. The normalized spacial score (nSPS) is 18.7. The fraction of sp³-hybridized carbons (Fsp3) is 0.385. The molecule has 0 amide bonds. The molecular weight excluding hydrogens is 520 g/mol. The quantitative estimate of drug-likeness (QED) is 0.205. The van der Waals surface area contributed by atoms with Crippen molar-refractivity contribution in [3.8, 4) is 11.5 Å². The predicted molar refractivity (Wildman–Crippen MR) is 141 cm³/mol. The second kappa shape index (κ2) is 10.9. The van der Waals surface area contributed by atoms with Gasteiger partial charge in [-0.25, -0.2) is 4.39 Å². The molecule has 0 saturated carbocycles. The van der Waals surface area contributed by atoms with Crippen molar-refractivity contribution in [2.75, 3.05) is 37.0 Å². The van der Waals surface area contributed by atoms with Crippen molar-refractivity contribution in [1.82, 2.24) is 19.6 Å². The van der Waals surface area contributed by atoms with Crippen molar-refractivity contribution in [2.45, 2.75) is 42.8 Å². The maximum atomic E-state index is 14.7. The summed E-state index contributed by atoms with van der Waals surface area (Å²) in [5.41, 5.74) is 1.94. The van der Waals surface area contributed by atoms with Crippen molar-refractivity contribution >= 4 is 34.0 Å². The van der Waals surface area contributed by atoms with E-state index in [0.29, 0.717) is 29.6 Å². The summed E-state index contributed by atoms with van der Waals surface area (Å²) in [7, 11) is 1.86. The molecule has 38 heavy (non-hydrogen) atoms. The number of rotatable bonds is 8. The van der Waals surface area contributed by atoms with Crippen molar-refractivity contribution in [3.05, 3.63) is 54.4 Å². The van der Waals surface area contributed by atoms with E-state index in [0.717, 1.165) is 21.7 Å². The number of likely N-dealkylation sites (tertiary alicyclic amines) is 1. The van der Waals surface area contributed by atoms with Crippen LogP contribution in [0.2, 0.25) is 0 Å². The molecule has 3 heterocycles. The van der Waals surface area contributed by atoms with Crippen LogP contribution in [0.3, 0.4) is 0 Å². The van der Waals surface area contributed by atoms with Crippen molar-refractivity contribution in [3.63, 3.8) is 0 Å². The Hall–Kier alpha value is -3.25. The molecule has 1 fully saturated rings. The minimum absolute atomic E-state index is 0.0496. The second-order valence-electron chi connectivity index (χ2n) is 9.38. The molecule has 1 aliphatic heterocycles. The van der Waals surface area contributed by atoms with Crippen LogP contribution in [0.4, 0.5) is 28.9 Å². The zero-order valence-corrected chi connectivity index (χ0v) is 21.7. The van der Waals surface area contributed by atoms with Gasteiger partial charge >= 0.3 is 6.18 Å². The highest BCUT2D eigenvalue weighted by molar-refractivity contribution is 7.98. The number of hydrogen-bond donors (Lipinski definition) is 2. The average Bonchev–Trinajstić information content (AvgIpc) is 3.49. The van der Waals surface area contributed by atoms with E-state index in [1.165, 1.54) is 0 Å². The van der Waals surface area contributed by atoms with Gasteiger partial charge in [0.05, 0.1) is 23.8 Å². The molecule has 1 saturated heterocycles. The lowest BCUT2D eigenvalue weighted by Crippen LogP contribution is -2.46. The number of anilines is 2. The second-order valence-corrected chi connectivity index (χ2v) is 10.3. The summed E-state index contributed by atoms with van der Waals surface area (Å²) < 4.78 is 62.0. The fourth-order valence-electron chi connectivity index (χ4n) is 4.68. The van der Waals surface area contributed by atoms with Gasteiger partial charge < -0.3 is 24.6 Å². The van der Waals surface area contributed by atoms with Gasteiger partial charge in [0.25, 0.3) is 0 Å². The third-order valence-electron chi connectivity index (χ3n) is 6.60. The van der Waals surface area contributed by atoms with E-state index in [4.69, 9.17) is 4.52 Å². The Balaban J connectivity index is 1.43. The van der Waals surface area contributed by atoms with E-state index in [-0.39, 0.29) is 24.0 Å². The summed E-state index contributed by atoms with van der Waals surface area (Å²) in [6.07, 6.45) is -2.98. The van der Waals surface area contributed by atoms with Crippen LogP contribution >= 0.6 is 11.8 Å². The zero-order chi connectivity index (χ0) is 26.9. The number of fused-ring (bicyclic) bond motifs is 1. The minimum atomic E-state index is -4.47. The maximum Gasteiger partial charge on any atom is 0.406 e. The lowest BCUT2D eigenvalue weighted by Gasteiger charge is -2.33. The molecule has 0 radical (unpaired) electrons. The van der Waals surface area contributed by atoms with E-state index < -0.39 is 24.9 Å². The van der Waals surface area contributed by atoms with Crippen LogP contribution in [-0.4, -0.2) is 64.4 Å². The summed E-state index contributed by atoms with van der Waals surface area (Å²) in [5, 5.41) is 10.9. The maximum absolute atomic E-state index is 14.7. The van der Waals surface area contributed by atoms with E-state index >= 15 is 0 Å². The first-order valence-electron chi connectivity index (χ1n) is 12.2. The van der Waals surface area contributed by atoms with Gasteiger partial charge in [-0.05, 0) is 62.2 Å². The molecule has 2 N–H and O–H groups in total. The van der Waals surface area contributed by atoms with E-state index in [1.807, 2.05) is 42.5 Å². The van der Waals surface area contributed by atoms with Crippen LogP contribution in [0.15, 0.2) is 57.9 Å². The van der Waals surface area contributed by atoms with E-state index in [2.05, 4.69) is 20.8 Å². The summed E-state index contributed by atoms with van der Waals surface area (Å²) in [6, 6.07) is 14.0. The molecule has 2 aromatic carbocycles. The lowest BCUT2D eigenvalue weighted by atomic mass is 10.0. The summed E-state index contributed by atoms with van der Waals surface area (Å²) >= 11 is 1.63. The number of nitrogens with one attached hydrogen (secondary N) is 2. The van der Waals surface area contributed by atoms with E-state index in [1.54, 1.807) is 36.0 Å². The van der Waals surface area contributed by atoms with Gasteiger partial charge in [-0.1, -0.05) is 11.2 Å². The fourth-order valence-corrected chi connectivity index (χ4v) is 5.09. The number of piperidine rings is 1. The Morgan fingerprint density at radius 1 is 1.16 bits per heavy atom. The van der Waals surface area contributed by atoms with Crippen molar-refractivity contribution in [1.29, 1.82) is 0 Å². The minimum Gasteiger partial charge on any atom is -0.379 e. The monoisotopic (exact) mass is 548 g/mol. The Morgan fingerprint density at radius 3 is 2.66 bits per heavy atom. The molecule has 0 spiro atoms. The number of aromatic nitrogens is 3. The topological polar surface area (TPSA) is 71.2 Å². The number of alkyl halides is 4. The molecular formula is C26H28F4N6OS. The largest absolute Gasteiger partial charge is 0.406 e. The van der Waals surface area contributed by atoms with Crippen molar-refractivity contribution < 1.29 is 22.1 Å². The first-order valence-corrected chi connectivity index (χ1v) is 13.4. The Kier molecular flexibility index (Phi) is 7.53. The van der Waals surface area contributed by atoms with Crippen LogP contribution in [0.1, 0.15) is 12.3 Å². The van der Waals surface area contributed by atoms with Gasteiger partial charge in [0.2, 0.25) is 11.7 Å². The highest BCUT2D eigenvalue weighted by Crippen LogP contribution is 2.35. The number of thioether (sulfide) groups is 1. The summed E-state index contributed by atoms with van der Waals surface area (Å²) in [6.45, 7) is 0.0240. The number of halogens is 4. The first-order chi connectivity index (χ1) is 18.2. The van der Waals surface area contributed by atoms with Gasteiger partial charge in [0.1, 0.15) is 12.7 Å². The predicted octanol–water partition coefficient (Wildman–Crippen LogP) is 6.04. The Morgan fingerprint density at radius 2 is 1.95 bits per heavy atom. The lowest BCUT2D eigenvalue weighted by molar-refractivity contribution is -0.139. The van der Waals surface area contributed by atoms with Gasteiger partial charge in [0, 0.05) is 34.7 Å². The molecule has 1 aliphatic rings. The van der Waals surface area contributed by atoms with Gasteiger partial charge in [-0.2, -0.15) is 18.2 Å². The van der Waals surface area contributed by atoms with Crippen LogP contribution < -0.4 is 10.6 Å². The summed E-state index contributed by atoms with van der Waals surface area (Å²) in [4.78, 5) is 7.41. The molecule has 12 heteroatoms. The molecule has 0 aliphatic carbocycles. The molecule has 202 valence electrons. The van der Waals surface area contributed by atoms with Gasteiger partial charge in [-0.15, -0.1) is 11.8 Å². The molecule has 2 unspecified atom stereocenters. The Bertz CT molecular complexity index is 1390. The zero-order valence-electron chi connectivity index (χ0n) is 20.9. The number of benzene rings is 2. The smallest absolute Gasteiger partial charge is 0.379 e. The third-order valence-corrected chi connectivity index (χ3v) is 7.34. The molecule has 7 nitrogen and oxygen atoms in total. The van der Waals surface area contributed by atoms with Gasteiger partial charge in [-0.3, -0.25) is 0 Å². The molecule has 2 atom stereocenters. The first kappa shape index (κ1) is 26.4. The van der Waals surface area contributed by atoms with Crippen LogP contribution in [0.5, 0.6) is 0 Å². The Labute approximate surface area is 221 Å². The molecule has 2 aromatic heterocycles. The number of hydrogen-bond acceptors (Lipinski definition) is 7. The highest BCUT2D eigenvalue weighted by Gasteiger charge is 2.32. The molecule has 0 bridgehead atoms. The standard InChI is InChI=1S/C26H28F4N6OS/c1-35-11-10-21(19(27)14-35)32-20-4-3-5-22-18(20)12-23(36(22)15-26(28,29)30)25-33-24(37-34-25)13-31-16-6-8-17(38-2)9-7-16/h3-9,12,19,21,31-32H,10-11,13-15H2,1-2H3. The SMILES string of the molecule is CSc1ccc(NCc2nc(-c3cc4c(NC5CCN(C)CC5F)cccc4n3CC(F)(F)F)no2)cc1. The van der Waals surface area contributed by atoms with Crippen LogP contribution in [-0.2, 0) is 13.1 Å². The van der Waals surface area contributed by atoms with Crippen LogP contribution in [0, 0.1) is 0 Å². The van der Waals surface area contributed by atoms with Crippen LogP contribution in [0.25, 0.3) is 22.4 Å². The highest BCUT2D eigenvalue weighted by atomic mass is 32.2. The third kappa shape index (κ3) is 5.91. The molecule has 4 aromatic rings. The van der Waals surface area contributed by atoms with Crippen molar-refractivity contribution in [2.24, 2.45) is 0 Å².